The maximum Gasteiger partial charge on any atom is 0.289 e. The Balaban J connectivity index is 1.27. The van der Waals surface area contributed by atoms with Gasteiger partial charge in [-0.2, -0.15) is 0 Å². The molecule has 2 aromatic carbocycles. The molecule has 190 valence electrons. The second-order valence-corrected chi connectivity index (χ2v) is 9.35. The summed E-state index contributed by atoms with van der Waals surface area (Å²) in [6.07, 6.45) is 3.51. The molecule has 0 atom stereocenters. The Morgan fingerprint density at radius 1 is 0.973 bits per heavy atom. The molecule has 2 aromatic heterocycles. The summed E-state index contributed by atoms with van der Waals surface area (Å²) in [5, 5.41) is 0. The molecule has 0 fully saturated rings. The van der Waals surface area contributed by atoms with Gasteiger partial charge in [-0.25, -0.2) is 4.39 Å². The van der Waals surface area contributed by atoms with Crippen molar-refractivity contribution in [2.24, 2.45) is 0 Å². The Morgan fingerprint density at radius 3 is 2.57 bits per heavy atom. The molecule has 0 saturated carbocycles. The SMILES string of the molecule is CCCN(Cc1cccn1Cc1ccc(C(=O)N2CCc3ccccc3C2)o1)C(=O)c1ccccc1F. The van der Waals surface area contributed by atoms with Crippen molar-refractivity contribution >= 4 is 11.8 Å². The summed E-state index contributed by atoms with van der Waals surface area (Å²) >= 11 is 0. The van der Waals surface area contributed by atoms with E-state index >= 15 is 0 Å². The third-order valence-corrected chi connectivity index (χ3v) is 6.78. The van der Waals surface area contributed by atoms with Crippen LogP contribution in [0.2, 0.25) is 0 Å². The fourth-order valence-corrected chi connectivity index (χ4v) is 4.84. The predicted molar refractivity (Wildman–Crippen MR) is 139 cm³/mol. The van der Waals surface area contributed by atoms with E-state index in [1.165, 1.54) is 23.3 Å². The summed E-state index contributed by atoms with van der Waals surface area (Å²) in [5.41, 5.74) is 3.43. The average molecular weight is 500 g/mol. The van der Waals surface area contributed by atoms with Crippen LogP contribution in [0.4, 0.5) is 4.39 Å². The van der Waals surface area contributed by atoms with E-state index < -0.39 is 5.82 Å². The standard InChI is InChI=1S/C30H30FN3O3/c1-2-16-33(29(35)26-11-5-6-12-27(26)31)20-24-10-7-17-32(24)21-25-13-14-28(37-25)30(36)34-18-15-22-8-3-4-9-23(22)19-34/h3-14,17H,2,15-16,18-21H2,1H3. The fraction of sp³-hybridized carbons (Fsp3) is 0.267. The summed E-state index contributed by atoms with van der Waals surface area (Å²) in [6.45, 7) is 4.51. The average Bonchev–Trinajstić information content (AvgIpc) is 3.57. The van der Waals surface area contributed by atoms with Gasteiger partial charge in [-0.1, -0.05) is 43.3 Å². The van der Waals surface area contributed by atoms with Crippen molar-refractivity contribution in [2.75, 3.05) is 13.1 Å². The molecule has 0 unspecified atom stereocenters. The highest BCUT2D eigenvalue weighted by Gasteiger charge is 2.24. The highest BCUT2D eigenvalue weighted by atomic mass is 19.1. The van der Waals surface area contributed by atoms with Crippen molar-refractivity contribution in [3.8, 4) is 0 Å². The molecule has 37 heavy (non-hydrogen) atoms. The van der Waals surface area contributed by atoms with Crippen LogP contribution in [0.3, 0.4) is 0 Å². The number of carbonyl (C=O) groups excluding carboxylic acids is 2. The lowest BCUT2D eigenvalue weighted by atomic mass is 10.00. The normalized spacial score (nSPS) is 12.9. The maximum absolute atomic E-state index is 14.3. The van der Waals surface area contributed by atoms with Crippen LogP contribution >= 0.6 is 0 Å². The van der Waals surface area contributed by atoms with Crippen LogP contribution in [0.1, 0.15) is 56.8 Å². The van der Waals surface area contributed by atoms with Crippen molar-refractivity contribution < 1.29 is 18.4 Å². The van der Waals surface area contributed by atoms with Gasteiger partial charge in [0.15, 0.2) is 5.76 Å². The van der Waals surface area contributed by atoms with Crippen LogP contribution in [0.15, 0.2) is 83.4 Å². The van der Waals surface area contributed by atoms with Gasteiger partial charge in [-0.05, 0) is 60.4 Å². The largest absolute Gasteiger partial charge is 0.454 e. The first kappa shape index (κ1) is 24.6. The number of fused-ring (bicyclic) bond motifs is 1. The molecule has 2 amide bonds. The van der Waals surface area contributed by atoms with E-state index in [1.54, 1.807) is 23.1 Å². The molecule has 1 aliphatic heterocycles. The van der Waals surface area contributed by atoms with Crippen molar-refractivity contribution in [3.05, 3.63) is 119 Å². The molecule has 0 aliphatic carbocycles. The number of halogens is 1. The molecule has 0 bridgehead atoms. The van der Waals surface area contributed by atoms with Crippen molar-refractivity contribution in [3.63, 3.8) is 0 Å². The van der Waals surface area contributed by atoms with Crippen LogP contribution in [0, 0.1) is 5.82 Å². The van der Waals surface area contributed by atoms with E-state index in [4.69, 9.17) is 4.42 Å². The van der Waals surface area contributed by atoms with E-state index in [-0.39, 0.29) is 17.4 Å². The Labute approximate surface area is 215 Å². The first-order valence-electron chi connectivity index (χ1n) is 12.7. The summed E-state index contributed by atoms with van der Waals surface area (Å²) in [6, 6.07) is 21.7. The molecule has 0 saturated heterocycles. The van der Waals surface area contributed by atoms with Crippen LogP contribution in [0.5, 0.6) is 0 Å². The second-order valence-electron chi connectivity index (χ2n) is 9.35. The number of benzene rings is 2. The molecule has 5 rings (SSSR count). The van der Waals surface area contributed by atoms with E-state index in [9.17, 15) is 14.0 Å². The van der Waals surface area contributed by atoms with Gasteiger partial charge in [-0.3, -0.25) is 9.59 Å². The van der Waals surface area contributed by atoms with Gasteiger partial charge in [0.25, 0.3) is 11.8 Å². The summed E-state index contributed by atoms with van der Waals surface area (Å²) in [5.74, 6) is 0.0137. The van der Waals surface area contributed by atoms with Crippen LogP contribution < -0.4 is 0 Å². The quantitative estimate of drug-likeness (QED) is 0.321. The minimum absolute atomic E-state index is 0.0728. The number of hydrogen-bond donors (Lipinski definition) is 0. The minimum atomic E-state index is -0.519. The summed E-state index contributed by atoms with van der Waals surface area (Å²) < 4.78 is 22.2. The number of hydrogen-bond acceptors (Lipinski definition) is 3. The zero-order chi connectivity index (χ0) is 25.8. The predicted octanol–water partition coefficient (Wildman–Crippen LogP) is 5.52. The molecule has 1 aliphatic rings. The van der Waals surface area contributed by atoms with Gasteiger partial charge >= 0.3 is 0 Å². The number of carbonyl (C=O) groups is 2. The third-order valence-electron chi connectivity index (χ3n) is 6.78. The first-order chi connectivity index (χ1) is 18.0. The molecule has 0 N–H and O–H groups in total. The Morgan fingerprint density at radius 2 is 1.76 bits per heavy atom. The lowest BCUT2D eigenvalue weighted by Gasteiger charge is -2.28. The van der Waals surface area contributed by atoms with E-state index in [0.29, 0.717) is 44.2 Å². The highest BCUT2D eigenvalue weighted by Crippen LogP contribution is 2.22. The molecule has 6 nitrogen and oxygen atoms in total. The zero-order valence-electron chi connectivity index (χ0n) is 20.9. The number of furan rings is 1. The van der Waals surface area contributed by atoms with Crippen LogP contribution in [0.25, 0.3) is 0 Å². The van der Waals surface area contributed by atoms with Crippen LogP contribution in [-0.4, -0.2) is 39.3 Å². The molecule has 0 spiro atoms. The van der Waals surface area contributed by atoms with E-state index in [1.807, 2.05) is 52.9 Å². The van der Waals surface area contributed by atoms with Gasteiger partial charge in [0.2, 0.25) is 0 Å². The monoisotopic (exact) mass is 499 g/mol. The molecular weight excluding hydrogens is 469 g/mol. The third kappa shape index (κ3) is 5.35. The van der Waals surface area contributed by atoms with Gasteiger partial charge in [0.1, 0.15) is 11.6 Å². The first-order valence-corrected chi connectivity index (χ1v) is 12.7. The molecule has 0 radical (unpaired) electrons. The number of nitrogens with zero attached hydrogens (tertiary/aromatic N) is 3. The van der Waals surface area contributed by atoms with E-state index in [0.717, 1.165) is 18.5 Å². The molecular formula is C30H30FN3O3. The summed E-state index contributed by atoms with van der Waals surface area (Å²) in [4.78, 5) is 29.7. The highest BCUT2D eigenvalue weighted by molar-refractivity contribution is 5.94. The zero-order valence-corrected chi connectivity index (χ0v) is 20.9. The van der Waals surface area contributed by atoms with Crippen molar-refractivity contribution in [2.45, 2.75) is 39.4 Å². The smallest absolute Gasteiger partial charge is 0.289 e. The van der Waals surface area contributed by atoms with Gasteiger partial charge < -0.3 is 18.8 Å². The Bertz CT molecular complexity index is 1410. The van der Waals surface area contributed by atoms with Crippen molar-refractivity contribution in [1.29, 1.82) is 0 Å². The Kier molecular flexibility index (Phi) is 7.21. The van der Waals surface area contributed by atoms with Gasteiger partial charge in [0, 0.05) is 31.5 Å². The Hall–Kier alpha value is -4.13. The number of rotatable bonds is 8. The van der Waals surface area contributed by atoms with E-state index in [2.05, 4.69) is 12.1 Å². The number of amides is 2. The topological polar surface area (TPSA) is 58.7 Å². The lowest BCUT2D eigenvalue weighted by Crippen LogP contribution is -2.35. The minimum Gasteiger partial charge on any atom is -0.454 e. The molecule has 4 aromatic rings. The molecule has 7 heteroatoms. The summed E-state index contributed by atoms with van der Waals surface area (Å²) in [7, 11) is 0. The molecule has 3 heterocycles. The van der Waals surface area contributed by atoms with Crippen LogP contribution in [-0.2, 0) is 26.1 Å². The number of aromatic nitrogens is 1. The van der Waals surface area contributed by atoms with Gasteiger partial charge in [0.05, 0.1) is 18.7 Å². The fourth-order valence-electron chi connectivity index (χ4n) is 4.84. The maximum atomic E-state index is 14.3. The van der Waals surface area contributed by atoms with Crippen molar-refractivity contribution in [1.82, 2.24) is 14.4 Å². The lowest BCUT2D eigenvalue weighted by molar-refractivity contribution is 0.0698. The second kappa shape index (κ2) is 10.9. The van der Waals surface area contributed by atoms with Gasteiger partial charge in [-0.15, -0.1) is 0 Å².